The number of rotatable bonds is 3. The Kier molecular flexibility index (Phi) is 4.44. The molecule has 4 N–H and O–H groups in total. The van der Waals surface area contributed by atoms with Crippen molar-refractivity contribution in [3.63, 3.8) is 0 Å². The third-order valence-corrected chi connectivity index (χ3v) is 5.40. The molecule has 0 aliphatic carbocycles. The predicted octanol–water partition coefficient (Wildman–Crippen LogP) is 3.31. The number of benzene rings is 2. The van der Waals surface area contributed by atoms with Gasteiger partial charge in [0.05, 0.1) is 11.9 Å². The third-order valence-electron chi connectivity index (χ3n) is 5.40. The van der Waals surface area contributed by atoms with Gasteiger partial charge < -0.3 is 20.8 Å². The van der Waals surface area contributed by atoms with Gasteiger partial charge in [-0.3, -0.25) is 4.79 Å². The zero-order valence-electron chi connectivity index (χ0n) is 16.3. The van der Waals surface area contributed by atoms with Gasteiger partial charge in [0.25, 0.3) is 5.91 Å². The van der Waals surface area contributed by atoms with E-state index in [0.717, 1.165) is 23.0 Å². The van der Waals surface area contributed by atoms with E-state index in [9.17, 15) is 4.79 Å². The summed E-state index contributed by atoms with van der Waals surface area (Å²) in [5.41, 5.74) is 15.4. The number of carbonyl (C=O) groups excluding carboxylic acids is 1. The Bertz CT molecular complexity index is 1200. The molecule has 2 aromatic heterocycles. The van der Waals surface area contributed by atoms with Crippen molar-refractivity contribution >= 4 is 22.7 Å². The fourth-order valence-electron chi connectivity index (χ4n) is 3.76. The van der Waals surface area contributed by atoms with Crippen molar-refractivity contribution in [3.05, 3.63) is 66.4 Å². The number of para-hydroxylation sites is 1. The summed E-state index contributed by atoms with van der Waals surface area (Å²) in [5.74, 6) is 0.871. The molecule has 1 aliphatic heterocycles. The Morgan fingerprint density at radius 3 is 2.67 bits per heavy atom. The average molecular weight is 399 g/mol. The fourth-order valence-corrected chi connectivity index (χ4v) is 3.76. The Hall–Kier alpha value is -3.71. The van der Waals surface area contributed by atoms with Crippen molar-refractivity contribution in [2.75, 3.05) is 18.8 Å². The molecule has 30 heavy (non-hydrogen) atoms. The summed E-state index contributed by atoms with van der Waals surface area (Å²) >= 11 is 0. The normalized spacial score (nSPS) is 16.3. The van der Waals surface area contributed by atoms with E-state index in [1.165, 1.54) is 0 Å². The highest BCUT2D eigenvalue weighted by Crippen LogP contribution is 2.31. The Balaban J connectivity index is 1.44. The summed E-state index contributed by atoms with van der Waals surface area (Å²) in [6.07, 6.45) is 2.47. The second-order valence-electron chi connectivity index (χ2n) is 7.51. The summed E-state index contributed by atoms with van der Waals surface area (Å²) in [6, 6.07) is 17.1. The van der Waals surface area contributed by atoms with Crippen LogP contribution >= 0.6 is 0 Å². The largest absolute Gasteiger partial charge is 0.454 e. The molecule has 2 aromatic carbocycles. The van der Waals surface area contributed by atoms with Crippen LogP contribution in [0.5, 0.6) is 0 Å². The number of nitrogen functional groups attached to an aromatic ring is 1. The van der Waals surface area contributed by atoms with Gasteiger partial charge in [-0.15, -0.1) is 0 Å². The molecule has 1 atom stereocenters. The van der Waals surface area contributed by atoms with E-state index in [1.807, 2.05) is 42.5 Å². The lowest BCUT2D eigenvalue weighted by atomic mass is 10.1. The van der Waals surface area contributed by atoms with Crippen molar-refractivity contribution < 1.29 is 9.21 Å². The molecule has 3 heterocycles. The molecule has 7 nitrogen and oxygen atoms in total. The van der Waals surface area contributed by atoms with Gasteiger partial charge in [-0.2, -0.15) is 0 Å². The lowest BCUT2D eigenvalue weighted by molar-refractivity contribution is 0.0791. The molecular weight excluding hydrogens is 378 g/mol. The van der Waals surface area contributed by atoms with Crippen molar-refractivity contribution in [1.82, 2.24) is 14.9 Å². The summed E-state index contributed by atoms with van der Waals surface area (Å²) in [4.78, 5) is 23.4. The van der Waals surface area contributed by atoms with E-state index in [0.29, 0.717) is 41.6 Å². The molecule has 1 fully saturated rings. The van der Waals surface area contributed by atoms with Gasteiger partial charge in [-0.1, -0.05) is 30.3 Å². The zero-order chi connectivity index (χ0) is 20.7. The van der Waals surface area contributed by atoms with Gasteiger partial charge in [0.1, 0.15) is 11.3 Å². The van der Waals surface area contributed by atoms with Gasteiger partial charge in [0.2, 0.25) is 0 Å². The van der Waals surface area contributed by atoms with Crippen molar-refractivity contribution in [2.24, 2.45) is 5.73 Å². The Morgan fingerprint density at radius 1 is 1.13 bits per heavy atom. The molecule has 5 rings (SSSR count). The number of nitrogens with two attached hydrogens (primary N) is 2. The first kappa shape index (κ1) is 18.3. The molecule has 7 heteroatoms. The van der Waals surface area contributed by atoms with Crippen LogP contribution in [0.4, 0.5) is 5.82 Å². The minimum Gasteiger partial charge on any atom is -0.454 e. The molecule has 1 aliphatic rings. The molecular formula is C23H21N5O2. The van der Waals surface area contributed by atoms with Gasteiger partial charge in [-0.25, -0.2) is 9.97 Å². The predicted molar refractivity (Wildman–Crippen MR) is 116 cm³/mol. The van der Waals surface area contributed by atoms with Crippen LogP contribution in [0.25, 0.3) is 33.7 Å². The molecule has 0 saturated carbocycles. The van der Waals surface area contributed by atoms with Crippen LogP contribution in [0, 0.1) is 0 Å². The number of anilines is 1. The summed E-state index contributed by atoms with van der Waals surface area (Å²) in [7, 11) is 0. The minimum atomic E-state index is 0.000792. The maximum Gasteiger partial charge on any atom is 0.253 e. The fraction of sp³-hybridized carbons (Fsp3) is 0.174. The van der Waals surface area contributed by atoms with Crippen molar-refractivity contribution in [2.45, 2.75) is 12.5 Å². The van der Waals surface area contributed by atoms with E-state index < -0.39 is 0 Å². The summed E-state index contributed by atoms with van der Waals surface area (Å²) in [6.45, 7) is 1.30. The SMILES string of the molecule is Nc1ncc(-c2ccc(C(=O)N3CCC(N)C3)cc2)nc1-c1cc2ccccc2o1. The first-order valence-corrected chi connectivity index (χ1v) is 9.85. The van der Waals surface area contributed by atoms with E-state index in [-0.39, 0.29) is 11.9 Å². The number of carbonyl (C=O) groups is 1. The minimum absolute atomic E-state index is 0.000792. The number of aromatic nitrogens is 2. The lowest BCUT2D eigenvalue weighted by Crippen LogP contribution is -2.31. The number of hydrogen-bond donors (Lipinski definition) is 2. The number of hydrogen-bond acceptors (Lipinski definition) is 6. The first-order chi connectivity index (χ1) is 14.6. The number of furan rings is 1. The monoisotopic (exact) mass is 399 g/mol. The lowest BCUT2D eigenvalue weighted by Gasteiger charge is -2.16. The van der Waals surface area contributed by atoms with E-state index in [2.05, 4.69) is 9.97 Å². The summed E-state index contributed by atoms with van der Waals surface area (Å²) < 4.78 is 5.90. The van der Waals surface area contributed by atoms with Crippen molar-refractivity contribution in [1.29, 1.82) is 0 Å². The highest BCUT2D eigenvalue weighted by atomic mass is 16.3. The third kappa shape index (κ3) is 3.29. The highest BCUT2D eigenvalue weighted by Gasteiger charge is 2.24. The standard InChI is InChI=1S/C23H21N5O2/c24-17-9-10-28(13-17)23(29)15-7-5-14(6-8-15)18-12-26-22(25)21(27-18)20-11-16-3-1-2-4-19(16)30-20/h1-8,11-12,17H,9-10,13,24H2,(H2,25,26). The molecule has 0 spiro atoms. The molecule has 1 saturated heterocycles. The molecule has 0 bridgehead atoms. The van der Waals surface area contributed by atoms with Crippen LogP contribution < -0.4 is 11.5 Å². The van der Waals surface area contributed by atoms with Crippen LogP contribution in [0.2, 0.25) is 0 Å². The Morgan fingerprint density at radius 2 is 1.93 bits per heavy atom. The first-order valence-electron chi connectivity index (χ1n) is 9.85. The summed E-state index contributed by atoms with van der Waals surface area (Å²) in [5, 5.41) is 0.976. The van der Waals surface area contributed by atoms with Gasteiger partial charge in [-0.05, 0) is 30.7 Å². The molecule has 150 valence electrons. The zero-order valence-corrected chi connectivity index (χ0v) is 16.3. The van der Waals surface area contributed by atoms with Crippen LogP contribution in [-0.2, 0) is 0 Å². The molecule has 1 unspecified atom stereocenters. The average Bonchev–Trinajstić information content (AvgIpc) is 3.40. The maximum absolute atomic E-state index is 12.6. The second-order valence-corrected chi connectivity index (χ2v) is 7.51. The van der Waals surface area contributed by atoms with E-state index in [4.69, 9.17) is 15.9 Å². The topological polar surface area (TPSA) is 111 Å². The van der Waals surface area contributed by atoms with Gasteiger partial charge >= 0.3 is 0 Å². The highest BCUT2D eigenvalue weighted by molar-refractivity contribution is 5.95. The van der Waals surface area contributed by atoms with Crippen LogP contribution in [-0.4, -0.2) is 39.9 Å². The number of likely N-dealkylation sites (tertiary alicyclic amines) is 1. The van der Waals surface area contributed by atoms with E-state index >= 15 is 0 Å². The molecule has 4 aromatic rings. The van der Waals surface area contributed by atoms with Crippen LogP contribution in [0.15, 0.2) is 65.2 Å². The van der Waals surface area contributed by atoms with Gasteiger partial charge in [0, 0.05) is 35.6 Å². The quantitative estimate of drug-likeness (QED) is 0.547. The number of amides is 1. The number of fused-ring (bicyclic) bond motifs is 1. The van der Waals surface area contributed by atoms with Crippen LogP contribution in [0.1, 0.15) is 16.8 Å². The van der Waals surface area contributed by atoms with Crippen molar-refractivity contribution in [3.8, 4) is 22.7 Å². The molecule has 0 radical (unpaired) electrons. The molecule has 1 amide bonds. The van der Waals surface area contributed by atoms with Crippen LogP contribution in [0.3, 0.4) is 0 Å². The maximum atomic E-state index is 12.6. The smallest absolute Gasteiger partial charge is 0.253 e. The Labute approximate surface area is 173 Å². The van der Waals surface area contributed by atoms with Gasteiger partial charge in [0.15, 0.2) is 11.6 Å². The van der Waals surface area contributed by atoms with E-state index in [1.54, 1.807) is 23.2 Å². The number of nitrogens with zero attached hydrogens (tertiary/aromatic N) is 3. The second kappa shape index (κ2) is 7.27.